The number of rotatable bonds is 4. The van der Waals surface area contributed by atoms with Gasteiger partial charge in [-0.05, 0) is 29.8 Å². The molecule has 0 radical (unpaired) electrons. The predicted octanol–water partition coefficient (Wildman–Crippen LogP) is 2.25. The molecular weight excluding hydrogens is 262 g/mol. The molecule has 0 aliphatic carbocycles. The Morgan fingerprint density at radius 3 is 2.42 bits per heavy atom. The smallest absolute Gasteiger partial charge is 0.182 e. The Balaban J connectivity index is 2.33. The lowest BCUT2D eigenvalue weighted by molar-refractivity contribution is 0.414. The van der Waals surface area contributed by atoms with Crippen LogP contribution >= 0.6 is 0 Å². The first-order valence-corrected chi connectivity index (χ1v) is 7.38. The summed E-state index contributed by atoms with van der Waals surface area (Å²) in [6.07, 6.45) is 0. The highest BCUT2D eigenvalue weighted by atomic mass is 32.2. The van der Waals surface area contributed by atoms with E-state index in [1.54, 1.807) is 48.5 Å². The van der Waals surface area contributed by atoms with Crippen LogP contribution in [-0.4, -0.2) is 15.5 Å². The largest absolute Gasteiger partial charge is 0.497 e. The molecule has 100 valence electrons. The van der Waals surface area contributed by atoms with Crippen LogP contribution in [0.25, 0.3) is 0 Å². The van der Waals surface area contributed by atoms with Gasteiger partial charge in [-0.1, -0.05) is 18.2 Å². The molecule has 2 N–H and O–H groups in total. The SMILES string of the molecule is COc1cc(N)cc(CS(=O)(=O)c2ccccc2)c1. The first-order valence-electron chi connectivity index (χ1n) is 5.72. The number of benzene rings is 2. The van der Waals surface area contributed by atoms with Crippen molar-refractivity contribution in [1.82, 2.24) is 0 Å². The number of nitrogen functional groups attached to an aromatic ring is 1. The Hall–Kier alpha value is -2.01. The lowest BCUT2D eigenvalue weighted by Crippen LogP contribution is -2.05. The van der Waals surface area contributed by atoms with Crippen LogP contribution in [0, 0.1) is 0 Å². The highest BCUT2D eigenvalue weighted by Crippen LogP contribution is 2.22. The number of hydrogen-bond acceptors (Lipinski definition) is 4. The molecule has 2 aromatic carbocycles. The number of nitrogens with two attached hydrogens (primary N) is 1. The van der Waals surface area contributed by atoms with Gasteiger partial charge in [0.1, 0.15) is 5.75 Å². The van der Waals surface area contributed by atoms with Crippen molar-refractivity contribution >= 4 is 15.5 Å². The van der Waals surface area contributed by atoms with Gasteiger partial charge in [0.2, 0.25) is 0 Å². The van der Waals surface area contributed by atoms with Crippen molar-refractivity contribution in [2.24, 2.45) is 0 Å². The molecule has 0 saturated carbocycles. The zero-order chi connectivity index (χ0) is 13.9. The Morgan fingerprint density at radius 1 is 1.11 bits per heavy atom. The van der Waals surface area contributed by atoms with Gasteiger partial charge in [0.25, 0.3) is 0 Å². The molecule has 0 amide bonds. The van der Waals surface area contributed by atoms with Crippen LogP contribution in [0.4, 0.5) is 5.69 Å². The second-order valence-corrected chi connectivity index (χ2v) is 6.18. The van der Waals surface area contributed by atoms with E-state index >= 15 is 0 Å². The van der Waals surface area contributed by atoms with Gasteiger partial charge in [-0.25, -0.2) is 8.42 Å². The fraction of sp³-hybridized carbons (Fsp3) is 0.143. The predicted molar refractivity (Wildman–Crippen MR) is 74.7 cm³/mol. The normalized spacial score (nSPS) is 11.2. The minimum absolute atomic E-state index is 0.0988. The van der Waals surface area contributed by atoms with Gasteiger partial charge in [0.15, 0.2) is 9.84 Å². The van der Waals surface area contributed by atoms with E-state index in [0.29, 0.717) is 21.9 Å². The second-order valence-electron chi connectivity index (χ2n) is 4.19. The van der Waals surface area contributed by atoms with Crippen LogP contribution < -0.4 is 10.5 Å². The van der Waals surface area contributed by atoms with E-state index < -0.39 is 9.84 Å². The molecule has 0 aliphatic heterocycles. The van der Waals surface area contributed by atoms with E-state index in [9.17, 15) is 8.42 Å². The number of anilines is 1. The fourth-order valence-electron chi connectivity index (χ4n) is 1.82. The van der Waals surface area contributed by atoms with Crippen LogP contribution in [0.2, 0.25) is 0 Å². The number of ether oxygens (including phenoxy) is 1. The maximum atomic E-state index is 12.2. The van der Waals surface area contributed by atoms with Gasteiger partial charge in [-0.2, -0.15) is 0 Å². The van der Waals surface area contributed by atoms with Crippen LogP contribution in [0.5, 0.6) is 5.75 Å². The Kier molecular flexibility index (Phi) is 3.76. The van der Waals surface area contributed by atoms with Crippen molar-refractivity contribution in [3.63, 3.8) is 0 Å². The van der Waals surface area contributed by atoms with E-state index in [2.05, 4.69) is 0 Å². The third kappa shape index (κ3) is 3.26. The molecule has 19 heavy (non-hydrogen) atoms. The Morgan fingerprint density at radius 2 is 1.79 bits per heavy atom. The Bertz CT molecular complexity index is 666. The van der Waals surface area contributed by atoms with Crippen LogP contribution in [-0.2, 0) is 15.6 Å². The lowest BCUT2D eigenvalue weighted by atomic mass is 10.2. The fourth-order valence-corrected chi connectivity index (χ4v) is 3.16. The minimum Gasteiger partial charge on any atom is -0.497 e. The molecule has 2 rings (SSSR count). The van der Waals surface area contributed by atoms with Gasteiger partial charge < -0.3 is 10.5 Å². The summed E-state index contributed by atoms with van der Waals surface area (Å²) in [5.41, 5.74) is 6.81. The summed E-state index contributed by atoms with van der Waals surface area (Å²) in [7, 11) is -1.85. The average Bonchev–Trinajstić information content (AvgIpc) is 2.38. The molecule has 0 bridgehead atoms. The lowest BCUT2D eigenvalue weighted by Gasteiger charge is -2.08. The molecule has 0 fully saturated rings. The maximum Gasteiger partial charge on any atom is 0.182 e. The van der Waals surface area contributed by atoms with Crippen molar-refractivity contribution in [3.05, 3.63) is 54.1 Å². The topological polar surface area (TPSA) is 69.4 Å². The molecule has 0 aliphatic rings. The van der Waals surface area contributed by atoms with Crippen molar-refractivity contribution in [2.45, 2.75) is 10.6 Å². The van der Waals surface area contributed by atoms with E-state index in [1.807, 2.05) is 0 Å². The quantitative estimate of drug-likeness (QED) is 0.870. The van der Waals surface area contributed by atoms with Crippen LogP contribution in [0.3, 0.4) is 0 Å². The summed E-state index contributed by atoms with van der Waals surface area (Å²) in [6, 6.07) is 13.3. The van der Waals surface area contributed by atoms with Gasteiger partial charge >= 0.3 is 0 Å². The second kappa shape index (κ2) is 5.32. The van der Waals surface area contributed by atoms with E-state index in [0.717, 1.165) is 0 Å². The minimum atomic E-state index is -3.37. The first-order chi connectivity index (χ1) is 9.01. The molecular formula is C14H15NO3S. The summed E-state index contributed by atoms with van der Waals surface area (Å²) >= 11 is 0. The Labute approximate surface area is 112 Å². The summed E-state index contributed by atoms with van der Waals surface area (Å²) < 4.78 is 29.5. The summed E-state index contributed by atoms with van der Waals surface area (Å²) in [5.74, 6) is 0.455. The molecule has 4 nitrogen and oxygen atoms in total. The van der Waals surface area contributed by atoms with Crippen molar-refractivity contribution in [2.75, 3.05) is 12.8 Å². The number of methoxy groups -OCH3 is 1. The van der Waals surface area contributed by atoms with Gasteiger partial charge in [0.05, 0.1) is 17.8 Å². The average molecular weight is 277 g/mol. The van der Waals surface area contributed by atoms with Crippen molar-refractivity contribution in [3.8, 4) is 5.75 Å². The molecule has 2 aromatic rings. The molecule has 0 saturated heterocycles. The summed E-state index contributed by atoms with van der Waals surface area (Å²) in [4.78, 5) is 0.302. The van der Waals surface area contributed by atoms with Crippen LogP contribution in [0.15, 0.2) is 53.4 Å². The standard InChI is InChI=1S/C14H15NO3S/c1-18-13-8-11(7-12(15)9-13)10-19(16,17)14-5-3-2-4-6-14/h2-9H,10,15H2,1H3. The summed E-state index contributed by atoms with van der Waals surface area (Å²) in [6.45, 7) is 0. The number of hydrogen-bond donors (Lipinski definition) is 1. The van der Waals surface area contributed by atoms with E-state index in [-0.39, 0.29) is 5.75 Å². The van der Waals surface area contributed by atoms with Crippen molar-refractivity contribution in [1.29, 1.82) is 0 Å². The maximum absolute atomic E-state index is 12.2. The zero-order valence-corrected chi connectivity index (χ0v) is 11.4. The third-order valence-electron chi connectivity index (χ3n) is 2.68. The molecule has 0 spiro atoms. The van der Waals surface area contributed by atoms with Gasteiger partial charge in [-0.3, -0.25) is 0 Å². The van der Waals surface area contributed by atoms with Crippen molar-refractivity contribution < 1.29 is 13.2 Å². The molecule has 5 heteroatoms. The first kappa shape index (κ1) is 13.4. The third-order valence-corrected chi connectivity index (χ3v) is 4.39. The number of sulfone groups is 1. The molecule has 0 unspecified atom stereocenters. The van der Waals surface area contributed by atoms with E-state index in [1.165, 1.54) is 7.11 Å². The highest BCUT2D eigenvalue weighted by molar-refractivity contribution is 7.90. The highest BCUT2D eigenvalue weighted by Gasteiger charge is 2.15. The zero-order valence-electron chi connectivity index (χ0n) is 10.5. The van der Waals surface area contributed by atoms with Gasteiger partial charge in [0, 0.05) is 11.8 Å². The van der Waals surface area contributed by atoms with Crippen LogP contribution in [0.1, 0.15) is 5.56 Å². The van der Waals surface area contributed by atoms with E-state index in [4.69, 9.17) is 10.5 Å². The molecule has 0 aromatic heterocycles. The monoisotopic (exact) mass is 277 g/mol. The summed E-state index contributed by atoms with van der Waals surface area (Å²) in [5, 5.41) is 0. The van der Waals surface area contributed by atoms with Gasteiger partial charge in [-0.15, -0.1) is 0 Å². The molecule has 0 heterocycles. The molecule has 0 atom stereocenters.